The number of carbonyl (C=O) groups is 2. The van der Waals surface area contributed by atoms with Gasteiger partial charge >= 0.3 is 0 Å². The molecule has 0 saturated carbocycles. The second-order valence-electron chi connectivity index (χ2n) is 7.61. The van der Waals surface area contributed by atoms with Crippen LogP contribution in [-0.4, -0.2) is 11.8 Å². The summed E-state index contributed by atoms with van der Waals surface area (Å²) >= 11 is 7.67. The van der Waals surface area contributed by atoms with Crippen LogP contribution in [0.15, 0.2) is 114 Å². The van der Waals surface area contributed by atoms with Gasteiger partial charge in [0, 0.05) is 10.6 Å². The van der Waals surface area contributed by atoms with E-state index in [0.717, 1.165) is 16.0 Å². The summed E-state index contributed by atoms with van der Waals surface area (Å²) in [6, 6.07) is 33.9. The quantitative estimate of drug-likeness (QED) is 0.264. The van der Waals surface area contributed by atoms with Crippen LogP contribution >= 0.6 is 23.4 Å². The summed E-state index contributed by atoms with van der Waals surface area (Å²) in [5, 5.41) is 5.88. The smallest absolute Gasteiger partial charge is 0.242 e. The van der Waals surface area contributed by atoms with Gasteiger partial charge in [0.25, 0.3) is 0 Å². The van der Waals surface area contributed by atoms with Crippen molar-refractivity contribution in [3.05, 3.63) is 125 Å². The molecule has 0 heterocycles. The van der Waals surface area contributed by atoms with Crippen molar-refractivity contribution in [1.82, 2.24) is 0 Å². The van der Waals surface area contributed by atoms with Crippen molar-refractivity contribution in [1.29, 1.82) is 0 Å². The highest BCUT2D eigenvalue weighted by Gasteiger charge is 2.23. The molecule has 170 valence electrons. The van der Waals surface area contributed by atoms with E-state index in [0.29, 0.717) is 22.8 Å². The zero-order chi connectivity index (χ0) is 23.8. The minimum absolute atomic E-state index is 0.0760. The monoisotopic (exact) mass is 486 g/mol. The van der Waals surface area contributed by atoms with Gasteiger partial charge in [0.05, 0.1) is 17.1 Å². The van der Waals surface area contributed by atoms with E-state index < -0.39 is 5.25 Å². The lowest BCUT2D eigenvalue weighted by atomic mass is 10.1. The number of amides is 2. The lowest BCUT2D eigenvalue weighted by Crippen LogP contribution is -2.19. The van der Waals surface area contributed by atoms with Crippen LogP contribution in [0.1, 0.15) is 16.4 Å². The Hall–Kier alpha value is -3.54. The van der Waals surface area contributed by atoms with Crippen molar-refractivity contribution >= 4 is 46.6 Å². The van der Waals surface area contributed by atoms with Gasteiger partial charge in [-0.2, -0.15) is 0 Å². The number of rotatable bonds is 8. The molecule has 1 unspecified atom stereocenters. The van der Waals surface area contributed by atoms with Crippen LogP contribution in [0.5, 0.6) is 0 Å². The summed E-state index contributed by atoms with van der Waals surface area (Å²) in [7, 11) is 0. The van der Waals surface area contributed by atoms with Crippen molar-refractivity contribution < 1.29 is 9.59 Å². The highest BCUT2D eigenvalue weighted by molar-refractivity contribution is 8.00. The number of hydrogen-bond donors (Lipinski definition) is 2. The van der Waals surface area contributed by atoms with Crippen molar-refractivity contribution in [3.8, 4) is 0 Å². The van der Waals surface area contributed by atoms with Crippen LogP contribution in [-0.2, 0) is 16.0 Å². The zero-order valence-corrected chi connectivity index (χ0v) is 19.9. The topological polar surface area (TPSA) is 58.2 Å². The van der Waals surface area contributed by atoms with E-state index in [1.165, 1.54) is 11.8 Å². The maximum atomic E-state index is 13.2. The Kier molecular flexibility index (Phi) is 8.02. The lowest BCUT2D eigenvalue weighted by Gasteiger charge is -2.18. The molecule has 4 aromatic rings. The Morgan fingerprint density at radius 3 is 2.03 bits per heavy atom. The number of benzene rings is 4. The standard InChI is InChI=1S/C28H23ClN2O2S/c29-24-13-7-8-14-25(24)31-28(33)27(21-11-5-2-6-12-21)34-23-17-15-22(16-18-23)30-26(32)19-20-9-3-1-4-10-20/h1-18,27H,19H2,(H,30,32)(H,31,33). The molecule has 34 heavy (non-hydrogen) atoms. The van der Waals surface area contributed by atoms with Crippen LogP contribution in [0, 0.1) is 0 Å². The van der Waals surface area contributed by atoms with Crippen molar-refractivity contribution in [3.63, 3.8) is 0 Å². The van der Waals surface area contributed by atoms with Gasteiger partial charge in [-0.15, -0.1) is 11.8 Å². The van der Waals surface area contributed by atoms with Gasteiger partial charge in [0.2, 0.25) is 11.8 Å². The second kappa shape index (κ2) is 11.5. The first kappa shape index (κ1) is 23.6. The number of carbonyl (C=O) groups excluding carboxylic acids is 2. The molecule has 0 spiro atoms. The molecule has 2 N–H and O–H groups in total. The molecular formula is C28H23ClN2O2S. The molecule has 0 bridgehead atoms. The number of para-hydroxylation sites is 1. The summed E-state index contributed by atoms with van der Waals surface area (Å²) in [4.78, 5) is 26.5. The fourth-order valence-corrected chi connectivity index (χ4v) is 4.61. The zero-order valence-electron chi connectivity index (χ0n) is 18.3. The third kappa shape index (κ3) is 6.50. The van der Waals surface area contributed by atoms with Gasteiger partial charge < -0.3 is 10.6 Å². The van der Waals surface area contributed by atoms with E-state index in [2.05, 4.69) is 10.6 Å². The molecule has 0 aliphatic heterocycles. The molecule has 6 heteroatoms. The molecule has 0 aliphatic rings. The Labute approximate surface area is 208 Å². The Bertz CT molecular complexity index is 1250. The number of halogens is 1. The van der Waals surface area contributed by atoms with Crippen LogP contribution < -0.4 is 10.6 Å². The average Bonchev–Trinajstić information content (AvgIpc) is 2.86. The largest absolute Gasteiger partial charge is 0.326 e. The molecule has 0 saturated heterocycles. The number of nitrogens with one attached hydrogen (secondary N) is 2. The summed E-state index contributed by atoms with van der Waals surface area (Å²) in [5.41, 5.74) is 3.13. The Morgan fingerprint density at radius 2 is 1.35 bits per heavy atom. The van der Waals surface area contributed by atoms with Gasteiger partial charge in [-0.05, 0) is 47.5 Å². The van der Waals surface area contributed by atoms with Gasteiger partial charge in [-0.25, -0.2) is 0 Å². The van der Waals surface area contributed by atoms with Crippen LogP contribution in [0.4, 0.5) is 11.4 Å². The first-order chi connectivity index (χ1) is 16.6. The highest BCUT2D eigenvalue weighted by atomic mass is 35.5. The van der Waals surface area contributed by atoms with Crippen molar-refractivity contribution in [2.24, 2.45) is 0 Å². The number of anilines is 2. The van der Waals surface area contributed by atoms with Crippen LogP contribution in [0.25, 0.3) is 0 Å². The van der Waals surface area contributed by atoms with E-state index in [1.807, 2.05) is 97.1 Å². The lowest BCUT2D eigenvalue weighted by molar-refractivity contribution is -0.116. The highest BCUT2D eigenvalue weighted by Crippen LogP contribution is 2.37. The first-order valence-electron chi connectivity index (χ1n) is 10.8. The Morgan fingerprint density at radius 1 is 0.735 bits per heavy atom. The maximum Gasteiger partial charge on any atom is 0.242 e. The molecule has 0 radical (unpaired) electrons. The van der Waals surface area contributed by atoms with Gasteiger partial charge in [-0.3, -0.25) is 9.59 Å². The van der Waals surface area contributed by atoms with E-state index in [9.17, 15) is 9.59 Å². The number of thioether (sulfide) groups is 1. The first-order valence-corrected chi connectivity index (χ1v) is 12.0. The van der Waals surface area contributed by atoms with E-state index in [1.54, 1.807) is 12.1 Å². The van der Waals surface area contributed by atoms with Crippen LogP contribution in [0.3, 0.4) is 0 Å². The van der Waals surface area contributed by atoms with Crippen molar-refractivity contribution in [2.75, 3.05) is 10.6 Å². The summed E-state index contributed by atoms with van der Waals surface area (Å²) < 4.78 is 0. The predicted molar refractivity (Wildman–Crippen MR) is 140 cm³/mol. The molecule has 4 aromatic carbocycles. The normalized spacial score (nSPS) is 11.4. The molecule has 0 aliphatic carbocycles. The molecule has 0 aromatic heterocycles. The SMILES string of the molecule is O=C(Cc1ccccc1)Nc1ccc(SC(C(=O)Nc2ccccc2Cl)c2ccccc2)cc1. The maximum absolute atomic E-state index is 13.2. The molecule has 4 nitrogen and oxygen atoms in total. The average molecular weight is 487 g/mol. The molecule has 0 fully saturated rings. The minimum Gasteiger partial charge on any atom is -0.326 e. The molecule has 2 amide bonds. The summed E-state index contributed by atoms with van der Waals surface area (Å²) in [6.45, 7) is 0. The molecular weight excluding hydrogens is 464 g/mol. The fourth-order valence-electron chi connectivity index (χ4n) is 3.40. The molecule has 1 atom stereocenters. The van der Waals surface area contributed by atoms with Gasteiger partial charge in [0.15, 0.2) is 0 Å². The summed E-state index contributed by atoms with van der Waals surface area (Å²) in [5.74, 6) is -0.238. The van der Waals surface area contributed by atoms with Gasteiger partial charge in [-0.1, -0.05) is 84.4 Å². The third-order valence-electron chi connectivity index (χ3n) is 5.07. The predicted octanol–water partition coefficient (Wildman–Crippen LogP) is 6.99. The second-order valence-corrected chi connectivity index (χ2v) is 9.20. The van der Waals surface area contributed by atoms with E-state index >= 15 is 0 Å². The van der Waals surface area contributed by atoms with Crippen molar-refractivity contribution in [2.45, 2.75) is 16.6 Å². The van der Waals surface area contributed by atoms with Gasteiger partial charge in [0.1, 0.15) is 5.25 Å². The third-order valence-corrected chi connectivity index (χ3v) is 6.67. The fraction of sp³-hybridized carbons (Fsp3) is 0.0714. The molecule has 4 rings (SSSR count). The number of hydrogen-bond acceptors (Lipinski definition) is 3. The van der Waals surface area contributed by atoms with E-state index in [-0.39, 0.29) is 11.8 Å². The van der Waals surface area contributed by atoms with E-state index in [4.69, 9.17) is 11.6 Å². The Balaban J connectivity index is 1.45. The summed E-state index contributed by atoms with van der Waals surface area (Å²) in [6.07, 6.45) is 0.315. The minimum atomic E-state index is -0.476. The van der Waals surface area contributed by atoms with Crippen LogP contribution in [0.2, 0.25) is 5.02 Å².